The molecule has 118 valence electrons. The molecule has 0 aliphatic carbocycles. The molecule has 0 saturated carbocycles. The molecule has 1 aliphatic rings. The second kappa shape index (κ2) is 9.09. The molecule has 0 atom stereocenters. The molecule has 0 bridgehead atoms. The lowest BCUT2D eigenvalue weighted by atomic mass is 10.1. The van der Waals surface area contributed by atoms with Crippen molar-refractivity contribution in [2.75, 3.05) is 26.2 Å². The number of ether oxygens (including phenoxy) is 1. The highest BCUT2D eigenvalue weighted by Gasteiger charge is 2.12. The van der Waals surface area contributed by atoms with Crippen molar-refractivity contribution < 1.29 is 9.64 Å². The van der Waals surface area contributed by atoms with Crippen LogP contribution in [0, 0.1) is 13.8 Å². The average Bonchev–Trinajstić information content (AvgIpc) is 2.49. The molecule has 2 heteroatoms. The van der Waals surface area contributed by atoms with Gasteiger partial charge in [-0.1, -0.05) is 17.7 Å². The molecule has 21 heavy (non-hydrogen) atoms. The maximum absolute atomic E-state index is 5.88. The quantitative estimate of drug-likeness (QED) is 0.725. The van der Waals surface area contributed by atoms with Gasteiger partial charge >= 0.3 is 0 Å². The molecule has 1 fully saturated rings. The lowest BCUT2D eigenvalue weighted by Gasteiger charge is -2.23. The highest BCUT2D eigenvalue weighted by Crippen LogP contribution is 2.19. The van der Waals surface area contributed by atoms with Crippen LogP contribution in [0.15, 0.2) is 18.2 Å². The maximum atomic E-state index is 5.88. The number of hydrogen-bond acceptors (Lipinski definition) is 1. The van der Waals surface area contributed by atoms with Crippen molar-refractivity contribution in [3.05, 3.63) is 29.3 Å². The Bertz CT molecular complexity index is 410. The van der Waals surface area contributed by atoms with Crippen molar-refractivity contribution in [3.8, 4) is 5.75 Å². The lowest BCUT2D eigenvalue weighted by Crippen LogP contribution is -3.12. The third-order valence-corrected chi connectivity index (χ3v) is 4.57. The van der Waals surface area contributed by atoms with Crippen molar-refractivity contribution in [2.45, 2.75) is 58.8 Å². The highest BCUT2D eigenvalue weighted by atomic mass is 16.5. The van der Waals surface area contributed by atoms with E-state index in [1.165, 1.54) is 75.7 Å². The van der Waals surface area contributed by atoms with Crippen LogP contribution in [0.1, 0.15) is 56.1 Å². The topological polar surface area (TPSA) is 13.7 Å². The Kier molecular flexibility index (Phi) is 7.08. The summed E-state index contributed by atoms with van der Waals surface area (Å²) in [4.78, 5) is 1.84. The first-order valence-electron chi connectivity index (χ1n) is 8.79. The third-order valence-electron chi connectivity index (χ3n) is 4.57. The summed E-state index contributed by atoms with van der Waals surface area (Å²) in [5.74, 6) is 1.05. The van der Waals surface area contributed by atoms with Crippen molar-refractivity contribution >= 4 is 0 Å². The summed E-state index contributed by atoms with van der Waals surface area (Å²) in [5.41, 5.74) is 2.56. The maximum Gasteiger partial charge on any atom is 0.122 e. The van der Waals surface area contributed by atoms with Gasteiger partial charge in [0.2, 0.25) is 0 Å². The minimum Gasteiger partial charge on any atom is -0.493 e. The van der Waals surface area contributed by atoms with Gasteiger partial charge in [0.1, 0.15) is 5.75 Å². The first kappa shape index (κ1) is 16.4. The summed E-state index contributed by atoms with van der Waals surface area (Å²) >= 11 is 0. The fourth-order valence-electron chi connectivity index (χ4n) is 3.28. The summed E-state index contributed by atoms with van der Waals surface area (Å²) in [5, 5.41) is 0. The molecule has 1 aromatic rings. The fourth-order valence-corrected chi connectivity index (χ4v) is 3.28. The zero-order valence-corrected chi connectivity index (χ0v) is 13.9. The monoisotopic (exact) mass is 290 g/mol. The second-order valence-electron chi connectivity index (χ2n) is 6.59. The van der Waals surface area contributed by atoms with Crippen LogP contribution >= 0.6 is 0 Å². The zero-order valence-electron chi connectivity index (χ0n) is 13.9. The van der Waals surface area contributed by atoms with Crippen LogP contribution in [0.2, 0.25) is 0 Å². The number of rotatable bonds is 8. The van der Waals surface area contributed by atoms with E-state index in [1.807, 2.05) is 4.90 Å². The van der Waals surface area contributed by atoms with Gasteiger partial charge in [-0.05, 0) is 70.4 Å². The predicted octanol–water partition coefficient (Wildman–Crippen LogP) is 3.31. The van der Waals surface area contributed by atoms with E-state index in [2.05, 4.69) is 32.0 Å². The number of unbranched alkanes of at least 4 members (excludes halogenated alkanes) is 3. The van der Waals surface area contributed by atoms with Gasteiger partial charge in [0.15, 0.2) is 0 Å². The van der Waals surface area contributed by atoms with Crippen LogP contribution in [0.5, 0.6) is 5.75 Å². The molecule has 0 aromatic heterocycles. The summed E-state index contributed by atoms with van der Waals surface area (Å²) < 4.78 is 5.88. The van der Waals surface area contributed by atoms with Gasteiger partial charge in [-0.2, -0.15) is 0 Å². The van der Waals surface area contributed by atoms with E-state index >= 15 is 0 Å². The Balaban J connectivity index is 1.50. The van der Waals surface area contributed by atoms with Gasteiger partial charge in [0, 0.05) is 0 Å². The predicted molar refractivity (Wildman–Crippen MR) is 89.3 cm³/mol. The van der Waals surface area contributed by atoms with Gasteiger partial charge in [0.25, 0.3) is 0 Å². The first-order valence-corrected chi connectivity index (χ1v) is 8.79. The Morgan fingerprint density at radius 1 is 0.952 bits per heavy atom. The van der Waals surface area contributed by atoms with Crippen molar-refractivity contribution in [1.82, 2.24) is 0 Å². The molecular weight excluding hydrogens is 258 g/mol. The smallest absolute Gasteiger partial charge is 0.122 e. The molecular formula is C19H32NO+. The summed E-state index contributed by atoms with van der Waals surface area (Å²) in [6.07, 6.45) is 9.58. The molecule has 2 rings (SSSR count). The summed E-state index contributed by atoms with van der Waals surface area (Å²) in [6, 6.07) is 6.42. The van der Waals surface area contributed by atoms with Gasteiger partial charge in [-0.25, -0.2) is 0 Å². The average molecular weight is 290 g/mol. The number of nitrogens with one attached hydrogen (secondary N) is 1. The van der Waals surface area contributed by atoms with Crippen LogP contribution in [-0.2, 0) is 0 Å². The van der Waals surface area contributed by atoms with Crippen LogP contribution < -0.4 is 9.64 Å². The molecule has 0 radical (unpaired) electrons. The lowest BCUT2D eigenvalue weighted by molar-refractivity contribution is -0.905. The molecule has 2 nitrogen and oxygen atoms in total. The molecule has 1 aliphatic heterocycles. The molecule has 0 unspecified atom stereocenters. The number of quaternary nitrogens is 1. The normalized spacial score (nSPS) is 16.1. The number of likely N-dealkylation sites (tertiary alicyclic amines) is 1. The first-order chi connectivity index (χ1) is 10.3. The molecule has 1 N–H and O–H groups in total. The van der Waals surface area contributed by atoms with E-state index < -0.39 is 0 Å². The standard InChI is InChI=1S/C19H31NO/c1-17-10-11-19(18(2)16-17)21-15-9-4-3-6-12-20-13-7-5-8-14-20/h10-11,16H,3-9,12-15H2,1-2H3/p+1. The SMILES string of the molecule is Cc1ccc(OCCCCCC[NH+]2CCCCC2)c(C)c1. The van der Waals surface area contributed by atoms with E-state index in [0.29, 0.717) is 0 Å². The molecule has 0 amide bonds. The minimum atomic E-state index is 0.862. The largest absolute Gasteiger partial charge is 0.493 e. The second-order valence-corrected chi connectivity index (χ2v) is 6.59. The van der Waals surface area contributed by atoms with Crippen molar-refractivity contribution in [2.24, 2.45) is 0 Å². The number of aryl methyl sites for hydroxylation is 2. The Labute approximate surface area is 130 Å². The van der Waals surface area contributed by atoms with E-state index in [1.54, 1.807) is 0 Å². The summed E-state index contributed by atoms with van der Waals surface area (Å²) in [6.45, 7) is 9.33. The number of piperidine rings is 1. The van der Waals surface area contributed by atoms with E-state index in [4.69, 9.17) is 4.74 Å². The van der Waals surface area contributed by atoms with E-state index in [-0.39, 0.29) is 0 Å². The van der Waals surface area contributed by atoms with Crippen LogP contribution in [-0.4, -0.2) is 26.2 Å². The van der Waals surface area contributed by atoms with E-state index in [9.17, 15) is 0 Å². The van der Waals surface area contributed by atoms with E-state index in [0.717, 1.165) is 12.4 Å². The Morgan fingerprint density at radius 2 is 1.71 bits per heavy atom. The molecule has 1 aromatic carbocycles. The Hall–Kier alpha value is -1.02. The summed E-state index contributed by atoms with van der Waals surface area (Å²) in [7, 11) is 0. The zero-order chi connectivity index (χ0) is 14.9. The number of benzene rings is 1. The molecule has 0 spiro atoms. The number of hydrogen-bond donors (Lipinski definition) is 1. The van der Waals surface area contributed by atoms with Crippen molar-refractivity contribution in [1.29, 1.82) is 0 Å². The van der Waals surface area contributed by atoms with Gasteiger partial charge in [-0.3, -0.25) is 0 Å². The van der Waals surface area contributed by atoms with Gasteiger partial charge < -0.3 is 9.64 Å². The van der Waals surface area contributed by atoms with Crippen molar-refractivity contribution in [3.63, 3.8) is 0 Å². The Morgan fingerprint density at radius 3 is 2.48 bits per heavy atom. The fraction of sp³-hybridized carbons (Fsp3) is 0.684. The van der Waals surface area contributed by atoms with Gasteiger partial charge in [-0.15, -0.1) is 0 Å². The highest BCUT2D eigenvalue weighted by molar-refractivity contribution is 5.35. The van der Waals surface area contributed by atoms with Crippen LogP contribution in [0.3, 0.4) is 0 Å². The van der Waals surface area contributed by atoms with Crippen LogP contribution in [0.25, 0.3) is 0 Å². The van der Waals surface area contributed by atoms with Crippen LogP contribution in [0.4, 0.5) is 0 Å². The molecule has 1 heterocycles. The molecule has 1 saturated heterocycles. The van der Waals surface area contributed by atoms with Gasteiger partial charge in [0.05, 0.1) is 26.2 Å². The third kappa shape index (κ3) is 6.09. The minimum absolute atomic E-state index is 0.862.